The first kappa shape index (κ1) is 14.3. The minimum absolute atomic E-state index is 0.0687. The Morgan fingerprint density at radius 1 is 1.48 bits per heavy atom. The molecule has 0 aliphatic heterocycles. The Hall–Kier alpha value is -1.69. The van der Waals surface area contributed by atoms with Crippen molar-refractivity contribution in [2.24, 2.45) is 5.92 Å². The SMILES string of the molecule is CCC1CCCCC1NC(=O)c1sc2nnccc2c1N. The van der Waals surface area contributed by atoms with Crippen LogP contribution in [0, 0.1) is 5.92 Å². The minimum atomic E-state index is -0.0687. The molecule has 1 aliphatic carbocycles. The zero-order valence-corrected chi connectivity index (χ0v) is 12.9. The zero-order valence-electron chi connectivity index (χ0n) is 12.1. The van der Waals surface area contributed by atoms with E-state index < -0.39 is 0 Å². The van der Waals surface area contributed by atoms with Crippen LogP contribution in [0.2, 0.25) is 0 Å². The number of nitrogen functional groups attached to an aromatic ring is 1. The summed E-state index contributed by atoms with van der Waals surface area (Å²) in [7, 11) is 0. The molecule has 2 unspecified atom stereocenters. The molecule has 1 aliphatic rings. The summed E-state index contributed by atoms with van der Waals surface area (Å²) < 4.78 is 0. The molecule has 112 valence electrons. The van der Waals surface area contributed by atoms with Gasteiger partial charge in [-0.05, 0) is 24.8 Å². The molecule has 0 radical (unpaired) electrons. The fourth-order valence-corrected chi connectivity index (χ4v) is 4.10. The lowest BCUT2D eigenvalue weighted by Crippen LogP contribution is -2.41. The smallest absolute Gasteiger partial charge is 0.263 e. The Morgan fingerprint density at radius 3 is 3.05 bits per heavy atom. The van der Waals surface area contributed by atoms with Gasteiger partial charge in [0.2, 0.25) is 0 Å². The fraction of sp³-hybridized carbons (Fsp3) is 0.533. The lowest BCUT2D eigenvalue weighted by molar-refractivity contribution is 0.0910. The van der Waals surface area contributed by atoms with E-state index >= 15 is 0 Å². The molecule has 1 amide bonds. The van der Waals surface area contributed by atoms with Crippen LogP contribution in [0.1, 0.15) is 48.7 Å². The number of nitrogens with one attached hydrogen (secondary N) is 1. The topological polar surface area (TPSA) is 80.9 Å². The molecule has 3 N–H and O–H groups in total. The van der Waals surface area contributed by atoms with E-state index in [1.54, 1.807) is 12.3 Å². The summed E-state index contributed by atoms with van der Waals surface area (Å²) in [4.78, 5) is 13.8. The molecular formula is C15H20N4OS. The summed E-state index contributed by atoms with van der Waals surface area (Å²) in [5.74, 6) is 0.513. The monoisotopic (exact) mass is 304 g/mol. The zero-order chi connectivity index (χ0) is 14.8. The van der Waals surface area contributed by atoms with Crippen LogP contribution in [0.4, 0.5) is 5.69 Å². The highest BCUT2D eigenvalue weighted by Crippen LogP contribution is 2.32. The molecule has 2 atom stereocenters. The molecule has 6 heteroatoms. The summed E-state index contributed by atoms with van der Waals surface area (Å²) in [6.45, 7) is 2.19. The summed E-state index contributed by atoms with van der Waals surface area (Å²) >= 11 is 1.32. The average Bonchev–Trinajstić information content (AvgIpc) is 2.85. The predicted molar refractivity (Wildman–Crippen MR) is 85.3 cm³/mol. The number of aromatic nitrogens is 2. The van der Waals surface area contributed by atoms with E-state index in [1.807, 2.05) is 0 Å². The van der Waals surface area contributed by atoms with Gasteiger partial charge < -0.3 is 11.1 Å². The molecule has 2 heterocycles. The number of rotatable bonds is 3. The van der Waals surface area contributed by atoms with Crippen molar-refractivity contribution in [2.45, 2.75) is 45.1 Å². The minimum Gasteiger partial charge on any atom is -0.397 e. The molecule has 5 nitrogen and oxygen atoms in total. The van der Waals surface area contributed by atoms with Crippen LogP contribution in [0.25, 0.3) is 10.2 Å². The predicted octanol–water partition coefficient (Wildman–Crippen LogP) is 2.97. The number of nitrogens with zero attached hydrogens (tertiary/aromatic N) is 2. The number of hydrogen-bond donors (Lipinski definition) is 2. The normalized spacial score (nSPS) is 22.3. The molecule has 0 aromatic carbocycles. The van der Waals surface area contributed by atoms with Gasteiger partial charge in [0.15, 0.2) is 0 Å². The van der Waals surface area contributed by atoms with Crippen LogP contribution in [0.5, 0.6) is 0 Å². The maximum Gasteiger partial charge on any atom is 0.263 e. The van der Waals surface area contributed by atoms with E-state index in [1.165, 1.54) is 30.6 Å². The third kappa shape index (κ3) is 2.72. The van der Waals surface area contributed by atoms with Crippen LogP contribution < -0.4 is 11.1 Å². The Bertz CT molecular complexity index is 654. The number of carbonyl (C=O) groups is 1. The maximum absolute atomic E-state index is 12.5. The van der Waals surface area contributed by atoms with Crippen molar-refractivity contribution in [3.63, 3.8) is 0 Å². The van der Waals surface area contributed by atoms with Crippen molar-refractivity contribution in [2.75, 3.05) is 5.73 Å². The van der Waals surface area contributed by atoms with Crippen LogP contribution >= 0.6 is 11.3 Å². The quantitative estimate of drug-likeness (QED) is 0.913. The molecular weight excluding hydrogens is 284 g/mol. The van der Waals surface area contributed by atoms with Crippen molar-refractivity contribution in [1.29, 1.82) is 0 Å². The number of hydrogen-bond acceptors (Lipinski definition) is 5. The Kier molecular flexibility index (Phi) is 4.05. The second-order valence-electron chi connectivity index (χ2n) is 5.63. The summed E-state index contributed by atoms with van der Waals surface area (Å²) in [6.07, 6.45) is 7.43. The fourth-order valence-electron chi connectivity index (χ4n) is 3.16. The molecule has 3 rings (SSSR count). The highest BCUT2D eigenvalue weighted by atomic mass is 32.1. The van der Waals surface area contributed by atoms with Crippen LogP contribution in [0.15, 0.2) is 12.3 Å². The molecule has 0 bridgehead atoms. The van der Waals surface area contributed by atoms with Crippen LogP contribution in [0.3, 0.4) is 0 Å². The Labute approximate surface area is 127 Å². The third-order valence-electron chi connectivity index (χ3n) is 4.38. The molecule has 2 aromatic rings. The second-order valence-corrected chi connectivity index (χ2v) is 6.63. The van der Waals surface area contributed by atoms with Crippen LogP contribution in [-0.4, -0.2) is 22.1 Å². The van der Waals surface area contributed by atoms with Crippen molar-refractivity contribution in [1.82, 2.24) is 15.5 Å². The Balaban J connectivity index is 1.82. The lowest BCUT2D eigenvalue weighted by atomic mass is 9.83. The largest absolute Gasteiger partial charge is 0.397 e. The number of nitrogens with two attached hydrogens (primary N) is 1. The van der Waals surface area contributed by atoms with E-state index in [4.69, 9.17) is 5.73 Å². The van der Waals surface area contributed by atoms with Crippen LogP contribution in [-0.2, 0) is 0 Å². The number of anilines is 1. The number of carbonyl (C=O) groups excluding carboxylic acids is 1. The standard InChI is InChI=1S/C15H20N4OS/c1-2-9-5-3-4-6-11(9)18-14(20)13-12(16)10-7-8-17-19-15(10)21-13/h7-9,11H,2-6,16H2,1H3,(H,18,20). The van der Waals surface area contributed by atoms with Crippen molar-refractivity contribution in [3.05, 3.63) is 17.1 Å². The van der Waals surface area contributed by atoms with Gasteiger partial charge in [0.25, 0.3) is 5.91 Å². The van der Waals surface area contributed by atoms with Gasteiger partial charge in [0, 0.05) is 11.4 Å². The van der Waals surface area contributed by atoms with Gasteiger partial charge in [-0.2, -0.15) is 5.10 Å². The van der Waals surface area contributed by atoms with Gasteiger partial charge in [0.05, 0.1) is 11.9 Å². The molecule has 1 fully saturated rings. The van der Waals surface area contributed by atoms with Gasteiger partial charge in [-0.1, -0.05) is 26.2 Å². The average molecular weight is 304 g/mol. The molecule has 1 saturated carbocycles. The highest BCUT2D eigenvalue weighted by Gasteiger charge is 2.27. The lowest BCUT2D eigenvalue weighted by Gasteiger charge is -2.31. The third-order valence-corrected chi connectivity index (χ3v) is 5.48. The van der Waals surface area contributed by atoms with Gasteiger partial charge >= 0.3 is 0 Å². The van der Waals surface area contributed by atoms with E-state index in [2.05, 4.69) is 22.4 Å². The highest BCUT2D eigenvalue weighted by molar-refractivity contribution is 7.21. The van der Waals surface area contributed by atoms with Gasteiger partial charge in [-0.25, -0.2) is 0 Å². The molecule has 2 aromatic heterocycles. The summed E-state index contributed by atoms with van der Waals surface area (Å²) in [5.41, 5.74) is 6.61. The van der Waals surface area contributed by atoms with Gasteiger partial charge in [-0.3, -0.25) is 4.79 Å². The van der Waals surface area contributed by atoms with E-state index in [-0.39, 0.29) is 11.9 Å². The van der Waals surface area contributed by atoms with E-state index in [0.29, 0.717) is 16.5 Å². The molecule has 21 heavy (non-hydrogen) atoms. The first-order valence-corrected chi connectivity index (χ1v) is 8.33. The summed E-state index contributed by atoms with van der Waals surface area (Å²) in [6, 6.07) is 2.08. The second kappa shape index (κ2) is 5.97. The van der Waals surface area contributed by atoms with Crippen molar-refractivity contribution < 1.29 is 4.79 Å². The molecule has 0 spiro atoms. The number of fused-ring (bicyclic) bond motifs is 1. The van der Waals surface area contributed by atoms with Crippen molar-refractivity contribution >= 4 is 33.1 Å². The van der Waals surface area contributed by atoms with E-state index in [0.717, 1.165) is 23.1 Å². The maximum atomic E-state index is 12.5. The van der Waals surface area contributed by atoms with Crippen molar-refractivity contribution in [3.8, 4) is 0 Å². The van der Waals surface area contributed by atoms with Gasteiger partial charge in [-0.15, -0.1) is 16.4 Å². The molecule has 0 saturated heterocycles. The number of amides is 1. The van der Waals surface area contributed by atoms with Gasteiger partial charge in [0.1, 0.15) is 9.71 Å². The Morgan fingerprint density at radius 2 is 2.29 bits per heavy atom. The summed E-state index contributed by atoms with van der Waals surface area (Å²) in [5, 5.41) is 11.9. The number of thiophene rings is 1. The first-order chi connectivity index (χ1) is 10.2. The van der Waals surface area contributed by atoms with E-state index in [9.17, 15) is 4.79 Å². The first-order valence-electron chi connectivity index (χ1n) is 7.51.